The fourth-order valence-corrected chi connectivity index (χ4v) is 1.88. The second kappa shape index (κ2) is 4.04. The molecule has 0 atom stereocenters. The van der Waals surface area contributed by atoms with Crippen LogP contribution in [-0.2, 0) is 16.0 Å². The van der Waals surface area contributed by atoms with Crippen LogP contribution in [0.2, 0.25) is 0 Å². The molecule has 1 fully saturated rings. The second-order valence-electron chi connectivity index (χ2n) is 4.03. The third kappa shape index (κ3) is 1.82. The van der Waals surface area contributed by atoms with Crippen molar-refractivity contribution in [2.45, 2.75) is 6.42 Å². The summed E-state index contributed by atoms with van der Waals surface area (Å²) in [6, 6.07) is 3.02. The van der Waals surface area contributed by atoms with Crippen molar-refractivity contribution in [2.24, 2.45) is 5.92 Å². The third-order valence-electron chi connectivity index (χ3n) is 2.92. The number of imide groups is 2. The van der Waals surface area contributed by atoms with E-state index in [2.05, 4.69) is 4.98 Å². The summed E-state index contributed by atoms with van der Waals surface area (Å²) in [5, 5.41) is 0. The predicted octanol–water partition coefficient (Wildman–Crippen LogP) is 0.224. The zero-order valence-electron chi connectivity index (χ0n) is 9.64. The SMILES string of the molecule is CN1C(=O)C(Cc2ccc[nH]2)C(=O)N(C)C1=O. The smallest absolute Gasteiger partial charge is 0.332 e. The van der Waals surface area contributed by atoms with E-state index in [1.807, 2.05) is 0 Å². The van der Waals surface area contributed by atoms with Gasteiger partial charge >= 0.3 is 6.03 Å². The Morgan fingerprint density at radius 3 is 2.24 bits per heavy atom. The monoisotopic (exact) mass is 235 g/mol. The highest BCUT2D eigenvalue weighted by Crippen LogP contribution is 2.18. The van der Waals surface area contributed by atoms with E-state index < -0.39 is 23.8 Å². The number of nitrogens with zero attached hydrogens (tertiary/aromatic N) is 2. The zero-order chi connectivity index (χ0) is 12.6. The van der Waals surface area contributed by atoms with E-state index >= 15 is 0 Å². The quantitative estimate of drug-likeness (QED) is 0.745. The van der Waals surface area contributed by atoms with Gasteiger partial charge in [0.05, 0.1) is 0 Å². The summed E-state index contributed by atoms with van der Waals surface area (Å²) in [5.74, 6) is -1.72. The normalized spacial score (nSPS) is 18.1. The van der Waals surface area contributed by atoms with Crippen molar-refractivity contribution < 1.29 is 14.4 Å². The van der Waals surface area contributed by atoms with Crippen LogP contribution >= 0.6 is 0 Å². The van der Waals surface area contributed by atoms with Gasteiger partial charge in [-0.3, -0.25) is 19.4 Å². The molecule has 6 heteroatoms. The van der Waals surface area contributed by atoms with Crippen LogP contribution in [0, 0.1) is 5.92 Å². The first-order valence-electron chi connectivity index (χ1n) is 5.23. The number of aromatic nitrogens is 1. The summed E-state index contributed by atoms with van der Waals surface area (Å²) in [6.07, 6.45) is 2.01. The van der Waals surface area contributed by atoms with Gasteiger partial charge in [0, 0.05) is 32.4 Å². The first kappa shape index (κ1) is 11.4. The van der Waals surface area contributed by atoms with Crippen LogP contribution in [0.1, 0.15) is 5.69 Å². The second-order valence-corrected chi connectivity index (χ2v) is 4.03. The molecule has 4 amide bonds. The van der Waals surface area contributed by atoms with Gasteiger partial charge < -0.3 is 4.98 Å². The number of carbonyl (C=O) groups excluding carboxylic acids is 3. The molecule has 0 saturated carbocycles. The minimum absolute atomic E-state index is 0.284. The van der Waals surface area contributed by atoms with Gasteiger partial charge in [0.2, 0.25) is 11.8 Å². The number of urea groups is 1. The summed E-state index contributed by atoms with van der Waals surface area (Å²) in [6.45, 7) is 0. The summed E-state index contributed by atoms with van der Waals surface area (Å²) >= 11 is 0. The summed E-state index contributed by atoms with van der Waals surface area (Å²) < 4.78 is 0. The van der Waals surface area contributed by atoms with Crippen molar-refractivity contribution >= 4 is 17.8 Å². The minimum Gasteiger partial charge on any atom is -0.365 e. The lowest BCUT2D eigenvalue weighted by molar-refractivity contribution is -0.147. The molecule has 1 aliphatic rings. The number of hydrogen-bond acceptors (Lipinski definition) is 3. The highest BCUT2D eigenvalue weighted by atomic mass is 16.2. The van der Waals surface area contributed by atoms with Crippen molar-refractivity contribution in [3.8, 4) is 0 Å². The average Bonchev–Trinajstić information content (AvgIpc) is 2.82. The molecule has 1 aromatic rings. The lowest BCUT2D eigenvalue weighted by Crippen LogP contribution is -2.57. The molecule has 1 saturated heterocycles. The van der Waals surface area contributed by atoms with Crippen LogP contribution in [0.3, 0.4) is 0 Å². The first-order valence-corrected chi connectivity index (χ1v) is 5.23. The Labute approximate surface area is 98.2 Å². The van der Waals surface area contributed by atoms with Crippen molar-refractivity contribution in [3.63, 3.8) is 0 Å². The highest BCUT2D eigenvalue weighted by Gasteiger charge is 2.42. The lowest BCUT2D eigenvalue weighted by Gasteiger charge is -2.32. The van der Waals surface area contributed by atoms with Crippen LogP contribution in [-0.4, -0.2) is 46.7 Å². The van der Waals surface area contributed by atoms with E-state index in [1.54, 1.807) is 18.3 Å². The largest absolute Gasteiger partial charge is 0.365 e. The Morgan fingerprint density at radius 1 is 1.18 bits per heavy atom. The molecule has 2 rings (SSSR count). The summed E-state index contributed by atoms with van der Waals surface area (Å²) in [4.78, 5) is 40.1. The third-order valence-corrected chi connectivity index (χ3v) is 2.92. The minimum atomic E-state index is -0.818. The van der Waals surface area contributed by atoms with Gasteiger partial charge in [0.25, 0.3) is 0 Å². The van der Waals surface area contributed by atoms with Crippen molar-refractivity contribution in [1.82, 2.24) is 14.8 Å². The van der Waals surface area contributed by atoms with Crippen molar-refractivity contribution in [2.75, 3.05) is 14.1 Å². The summed E-state index contributed by atoms with van der Waals surface area (Å²) in [7, 11) is 2.77. The molecule has 1 aromatic heterocycles. The highest BCUT2D eigenvalue weighted by molar-refractivity contribution is 6.15. The lowest BCUT2D eigenvalue weighted by atomic mass is 9.98. The zero-order valence-corrected chi connectivity index (χ0v) is 9.64. The van der Waals surface area contributed by atoms with Gasteiger partial charge in [-0.2, -0.15) is 0 Å². The van der Waals surface area contributed by atoms with Gasteiger partial charge in [0.1, 0.15) is 5.92 Å². The molecule has 0 aromatic carbocycles. The van der Waals surface area contributed by atoms with E-state index in [0.717, 1.165) is 15.5 Å². The summed E-state index contributed by atoms with van der Waals surface area (Å²) in [5.41, 5.74) is 0.799. The van der Waals surface area contributed by atoms with Crippen LogP contribution < -0.4 is 0 Å². The molecule has 1 aliphatic heterocycles. The van der Waals surface area contributed by atoms with Gasteiger partial charge in [-0.05, 0) is 12.1 Å². The fraction of sp³-hybridized carbons (Fsp3) is 0.364. The molecule has 0 radical (unpaired) electrons. The maximum atomic E-state index is 11.9. The molecule has 0 spiro atoms. The molecular weight excluding hydrogens is 222 g/mol. The van der Waals surface area contributed by atoms with Crippen molar-refractivity contribution in [3.05, 3.63) is 24.0 Å². The topological polar surface area (TPSA) is 73.5 Å². The first-order chi connectivity index (χ1) is 8.02. The maximum Gasteiger partial charge on any atom is 0.332 e. The molecule has 0 aliphatic carbocycles. The number of nitrogens with one attached hydrogen (secondary N) is 1. The van der Waals surface area contributed by atoms with Crippen molar-refractivity contribution in [1.29, 1.82) is 0 Å². The van der Waals surface area contributed by atoms with Crippen LogP contribution in [0.4, 0.5) is 4.79 Å². The molecule has 6 nitrogen and oxygen atoms in total. The molecule has 0 bridgehead atoms. The number of carbonyl (C=O) groups is 3. The molecule has 1 N–H and O–H groups in total. The maximum absolute atomic E-state index is 11.9. The number of aromatic amines is 1. The van der Waals surface area contributed by atoms with E-state index in [1.165, 1.54) is 14.1 Å². The van der Waals surface area contributed by atoms with E-state index in [9.17, 15) is 14.4 Å². The Balaban J connectivity index is 2.24. The van der Waals surface area contributed by atoms with E-state index in [0.29, 0.717) is 0 Å². The standard InChI is InChI=1S/C11H13N3O3/c1-13-9(15)8(6-7-4-3-5-12-7)10(16)14(2)11(13)17/h3-5,8,12H,6H2,1-2H3. The van der Waals surface area contributed by atoms with Crippen LogP contribution in [0.5, 0.6) is 0 Å². The van der Waals surface area contributed by atoms with Crippen LogP contribution in [0.25, 0.3) is 0 Å². The van der Waals surface area contributed by atoms with Crippen LogP contribution in [0.15, 0.2) is 18.3 Å². The predicted molar refractivity (Wildman–Crippen MR) is 58.9 cm³/mol. The number of H-pyrrole nitrogens is 1. The van der Waals surface area contributed by atoms with Gasteiger partial charge in [-0.15, -0.1) is 0 Å². The average molecular weight is 235 g/mol. The Hall–Kier alpha value is -2.11. The van der Waals surface area contributed by atoms with E-state index in [-0.39, 0.29) is 6.42 Å². The number of amides is 4. The molecule has 17 heavy (non-hydrogen) atoms. The van der Waals surface area contributed by atoms with Gasteiger partial charge in [-0.25, -0.2) is 4.79 Å². The molecule has 2 heterocycles. The van der Waals surface area contributed by atoms with Gasteiger partial charge in [-0.1, -0.05) is 0 Å². The number of barbiturate groups is 1. The molecule has 0 unspecified atom stereocenters. The number of hydrogen-bond donors (Lipinski definition) is 1. The Bertz CT molecular complexity index is 442. The Morgan fingerprint density at radius 2 is 1.76 bits per heavy atom. The Kier molecular flexibility index (Phi) is 2.71. The van der Waals surface area contributed by atoms with Gasteiger partial charge in [0.15, 0.2) is 0 Å². The number of rotatable bonds is 2. The molecule has 90 valence electrons. The molecular formula is C11H13N3O3. The fourth-order valence-electron chi connectivity index (χ4n) is 1.88. The van der Waals surface area contributed by atoms with E-state index in [4.69, 9.17) is 0 Å².